The molecule has 0 saturated carbocycles. The summed E-state index contributed by atoms with van der Waals surface area (Å²) in [5.74, 6) is 0. The van der Waals surface area contributed by atoms with Crippen molar-refractivity contribution in [2.45, 2.75) is 102 Å². The molecule has 0 bridgehead atoms. The van der Waals surface area contributed by atoms with Crippen molar-refractivity contribution in [1.82, 2.24) is 0 Å². The largest absolute Gasteiger partial charge is 2.00 e. The van der Waals surface area contributed by atoms with Gasteiger partial charge in [-0.25, -0.2) is 22.5 Å². The van der Waals surface area contributed by atoms with Gasteiger partial charge in [-0.3, -0.25) is 12.2 Å². The molecular formula is C36H54Cl2S2Si2Ti2. The summed E-state index contributed by atoms with van der Waals surface area (Å²) < 4.78 is 0.522. The molecule has 0 fully saturated rings. The molecule has 44 heavy (non-hydrogen) atoms. The number of halogens is 2. The second kappa shape index (κ2) is 18.2. The summed E-state index contributed by atoms with van der Waals surface area (Å²) in [7, 11) is -3.26. The molecule has 0 saturated heterocycles. The minimum Gasteiger partial charge on any atom is -1.00 e. The summed E-state index contributed by atoms with van der Waals surface area (Å²) in [5, 5.41) is 3.02. The average Bonchev–Trinajstić information content (AvgIpc) is 3.63. The van der Waals surface area contributed by atoms with Gasteiger partial charge in [0.15, 0.2) is 0 Å². The minimum atomic E-state index is -1.63. The van der Waals surface area contributed by atoms with Crippen molar-refractivity contribution in [3.8, 4) is 0 Å². The van der Waals surface area contributed by atoms with E-state index in [0.29, 0.717) is 0 Å². The maximum atomic E-state index is 3.63. The van der Waals surface area contributed by atoms with Gasteiger partial charge in [-0.15, -0.1) is 12.8 Å². The summed E-state index contributed by atoms with van der Waals surface area (Å²) >= 11 is 4.14. The molecule has 2 atom stereocenters. The molecular weight excluding hydrogens is 719 g/mol. The second-order valence-corrected chi connectivity index (χ2v) is 26.9. The van der Waals surface area contributed by atoms with E-state index < -0.39 is 16.1 Å². The maximum Gasteiger partial charge on any atom is 2.00 e. The molecule has 240 valence electrons. The molecule has 0 nitrogen and oxygen atoms in total. The van der Waals surface area contributed by atoms with Crippen LogP contribution in [-0.4, -0.2) is 37.4 Å². The number of hydrogen-bond acceptors (Lipinski definition) is 2. The molecule has 8 heteroatoms. The van der Waals surface area contributed by atoms with Gasteiger partial charge in [0.2, 0.25) is 0 Å². The zero-order valence-electron chi connectivity index (χ0n) is 29.2. The molecule has 4 aliphatic carbocycles. The van der Waals surface area contributed by atoms with E-state index in [-0.39, 0.29) is 87.8 Å². The Morgan fingerprint density at radius 3 is 1.16 bits per heavy atom. The summed E-state index contributed by atoms with van der Waals surface area (Å²) in [6.45, 7) is 24.3. The van der Waals surface area contributed by atoms with Crippen molar-refractivity contribution < 1.29 is 68.2 Å². The van der Waals surface area contributed by atoms with Crippen LogP contribution in [0.5, 0.6) is 0 Å². The van der Waals surface area contributed by atoms with Crippen molar-refractivity contribution in [3.05, 3.63) is 94.5 Å². The first-order chi connectivity index (χ1) is 18.5. The van der Waals surface area contributed by atoms with E-state index in [4.69, 9.17) is 0 Å². The third-order valence-corrected chi connectivity index (χ3v) is 24.4. The number of rotatable bonds is 6. The van der Waals surface area contributed by atoms with E-state index in [2.05, 4.69) is 177 Å². The van der Waals surface area contributed by atoms with E-state index in [9.17, 15) is 0 Å². The smallest absolute Gasteiger partial charge is 1.00 e. The van der Waals surface area contributed by atoms with Crippen LogP contribution in [0.4, 0.5) is 0 Å². The van der Waals surface area contributed by atoms with E-state index in [1.54, 1.807) is 11.1 Å². The van der Waals surface area contributed by atoms with Crippen molar-refractivity contribution in [2.75, 3.05) is 12.5 Å². The van der Waals surface area contributed by atoms with Gasteiger partial charge in [-0.05, 0) is 36.2 Å². The summed E-state index contributed by atoms with van der Waals surface area (Å²) in [4.78, 5) is 0. The molecule has 2 unspecified atom stereocenters. The van der Waals surface area contributed by atoms with E-state index in [1.807, 2.05) is 0 Å². The Hall–Kier alpha value is 1.06. The fourth-order valence-corrected chi connectivity index (χ4v) is 20.2. The topological polar surface area (TPSA) is 0 Å². The first-order valence-corrected chi connectivity index (χ1v) is 23.4. The Kier molecular flexibility index (Phi) is 19.5. The van der Waals surface area contributed by atoms with Crippen LogP contribution >= 0.6 is 23.5 Å². The predicted molar refractivity (Wildman–Crippen MR) is 191 cm³/mol. The Balaban J connectivity index is 0. The van der Waals surface area contributed by atoms with Crippen LogP contribution in [0.1, 0.15) is 67.2 Å². The number of thioether (sulfide) groups is 2. The molecule has 0 N–H and O–H groups in total. The van der Waals surface area contributed by atoms with Crippen LogP contribution < -0.4 is 24.8 Å². The average molecular weight is 774 g/mol. The van der Waals surface area contributed by atoms with Gasteiger partial charge in [0.05, 0.1) is 16.1 Å². The van der Waals surface area contributed by atoms with E-state index in [1.165, 1.54) is 10.4 Å². The van der Waals surface area contributed by atoms with Gasteiger partial charge in [0.1, 0.15) is 0 Å². The molecule has 0 aromatic rings. The SMILES string of the molecule is CSC1([Si](C)(C)C2=[C-]CC=C2)CC=CC=C1C(C)(C)C.CSC1([Si](C)(C)C2=[C-]CC=C2)CC=CC=C1C(C)(C)C.[Cl-].[Cl-].[Ti+2].[Ti+2]. The van der Waals surface area contributed by atoms with Gasteiger partial charge in [0.25, 0.3) is 0 Å². The van der Waals surface area contributed by atoms with Crippen LogP contribution in [0, 0.1) is 23.0 Å². The van der Waals surface area contributed by atoms with E-state index in [0.717, 1.165) is 25.7 Å². The van der Waals surface area contributed by atoms with Crippen LogP contribution in [0.2, 0.25) is 26.2 Å². The molecule has 0 aliphatic heterocycles. The van der Waals surface area contributed by atoms with E-state index >= 15 is 0 Å². The molecule has 0 amide bonds. The Bertz CT molecular complexity index is 1120. The normalized spacial score (nSPS) is 24.3. The fourth-order valence-electron chi connectivity index (χ4n) is 7.18. The maximum absolute atomic E-state index is 3.63. The van der Waals surface area contributed by atoms with Crippen LogP contribution in [-0.2, 0) is 43.4 Å². The van der Waals surface area contributed by atoms with Gasteiger partial charge in [-0.1, -0.05) is 115 Å². The molecule has 4 aliphatic rings. The minimum absolute atomic E-state index is 0. The summed E-state index contributed by atoms with van der Waals surface area (Å²) in [6, 6.07) is 0. The zero-order valence-corrected chi connectivity index (χ0v) is 37.4. The number of allylic oxidation sites excluding steroid dienone is 14. The van der Waals surface area contributed by atoms with Crippen LogP contribution in [0.15, 0.2) is 82.3 Å². The van der Waals surface area contributed by atoms with Gasteiger partial charge >= 0.3 is 43.4 Å². The Labute approximate surface area is 324 Å². The van der Waals surface area contributed by atoms with Crippen molar-refractivity contribution >= 4 is 39.7 Å². The predicted octanol–water partition coefficient (Wildman–Crippen LogP) is 5.00. The second-order valence-electron chi connectivity index (χ2n) is 14.6. The molecule has 0 aromatic carbocycles. The first-order valence-electron chi connectivity index (χ1n) is 14.9. The fraction of sp³-hybridized carbons (Fsp3) is 0.556. The zero-order chi connectivity index (χ0) is 30.0. The Morgan fingerprint density at radius 2 is 0.932 bits per heavy atom. The molecule has 0 spiro atoms. The number of hydrogen-bond donors (Lipinski definition) is 0. The summed E-state index contributed by atoms with van der Waals surface area (Å²) in [5.41, 5.74) is 3.68. The van der Waals surface area contributed by atoms with Crippen molar-refractivity contribution in [1.29, 1.82) is 0 Å². The third-order valence-electron chi connectivity index (χ3n) is 9.55. The quantitative estimate of drug-likeness (QED) is 0.276. The monoisotopic (exact) mass is 772 g/mol. The van der Waals surface area contributed by atoms with Gasteiger partial charge in [-0.2, -0.15) is 35.7 Å². The third kappa shape index (κ3) is 9.19. The molecule has 0 aromatic heterocycles. The van der Waals surface area contributed by atoms with Gasteiger partial charge in [0, 0.05) is 8.74 Å². The molecule has 4 rings (SSSR count). The van der Waals surface area contributed by atoms with Crippen LogP contribution in [0.25, 0.3) is 0 Å². The standard InChI is InChI=1S/2C18H27SSi.2ClH.2Ti/c2*1-17(2,3)16-13-9-10-14-18(16,19-4)20(5,6)15-11-7-8-12-15;;;;/h2*7,9-11,13H,8,14H2,1-6H3;2*1H;;/q2*-1;;;2*+2/p-2. The van der Waals surface area contributed by atoms with Gasteiger partial charge < -0.3 is 24.8 Å². The van der Waals surface area contributed by atoms with Crippen molar-refractivity contribution in [3.63, 3.8) is 0 Å². The first kappa shape index (κ1) is 47.2. The molecule has 0 heterocycles. The molecule has 0 radical (unpaired) electrons. The van der Waals surface area contributed by atoms with Crippen molar-refractivity contribution in [2.24, 2.45) is 10.8 Å². The summed E-state index contributed by atoms with van der Waals surface area (Å²) in [6.07, 6.45) is 39.4. The Morgan fingerprint density at radius 1 is 0.614 bits per heavy atom. The van der Waals surface area contributed by atoms with Crippen LogP contribution in [0.3, 0.4) is 0 Å².